The normalized spacial score (nSPS) is 10.3. The summed E-state index contributed by atoms with van der Waals surface area (Å²) >= 11 is 0. The molecule has 4 aromatic carbocycles. The molecule has 1 heteroatoms. The van der Waals surface area contributed by atoms with Crippen molar-refractivity contribution < 1.29 is 26.2 Å². The Morgan fingerprint density at radius 2 is 1.50 bits per heavy atom. The molecular formula is C27H30Zr. The van der Waals surface area contributed by atoms with E-state index in [1.807, 2.05) is 6.07 Å². The summed E-state index contributed by atoms with van der Waals surface area (Å²) in [5.41, 5.74) is 10.2. The molecule has 142 valence electrons. The van der Waals surface area contributed by atoms with Gasteiger partial charge < -0.3 is 0 Å². The zero-order chi connectivity index (χ0) is 19.4. The molecule has 0 amide bonds. The largest absolute Gasteiger partial charge is 2.00 e. The van der Waals surface area contributed by atoms with E-state index in [4.69, 9.17) is 0 Å². The Bertz CT molecular complexity index is 957. The van der Waals surface area contributed by atoms with Crippen LogP contribution in [0.1, 0.15) is 41.2 Å². The van der Waals surface area contributed by atoms with E-state index >= 15 is 0 Å². The topological polar surface area (TPSA) is 0 Å². The van der Waals surface area contributed by atoms with E-state index in [9.17, 15) is 0 Å². The summed E-state index contributed by atoms with van der Waals surface area (Å²) in [4.78, 5) is 0. The third-order valence-electron chi connectivity index (χ3n) is 5.82. The molecule has 0 saturated carbocycles. The standard InChI is InChI=1S/C15H11.C12H19.Zr/c1-2-6-12(7-3-1)15-10-13-8-4-5-9-14(13)11-15;1-6-7-12-10(4)8(2)9(3)11(12)5;/h1-11H;6-7H2,1-5H3;/q2*-1;+2. The van der Waals surface area contributed by atoms with E-state index in [2.05, 4.69) is 95.3 Å². The average molecular weight is 446 g/mol. The van der Waals surface area contributed by atoms with Crippen LogP contribution in [-0.2, 0) is 32.6 Å². The van der Waals surface area contributed by atoms with E-state index in [0.29, 0.717) is 0 Å². The zero-order valence-corrected chi connectivity index (χ0v) is 20.2. The first kappa shape index (κ1) is 22.6. The molecule has 0 aliphatic rings. The van der Waals surface area contributed by atoms with Crippen molar-refractivity contribution in [3.8, 4) is 11.1 Å². The van der Waals surface area contributed by atoms with Crippen LogP contribution in [0.15, 0.2) is 66.7 Å². The van der Waals surface area contributed by atoms with Crippen LogP contribution in [0.3, 0.4) is 0 Å². The van der Waals surface area contributed by atoms with Gasteiger partial charge in [-0.1, -0.05) is 102 Å². The van der Waals surface area contributed by atoms with Gasteiger partial charge in [-0.05, 0) is 0 Å². The van der Waals surface area contributed by atoms with Crippen molar-refractivity contribution in [1.82, 2.24) is 0 Å². The molecule has 0 saturated heterocycles. The summed E-state index contributed by atoms with van der Waals surface area (Å²) in [6.45, 7) is 11.2. The Labute approximate surface area is 189 Å². The van der Waals surface area contributed by atoms with Gasteiger partial charge in [0, 0.05) is 0 Å². The van der Waals surface area contributed by atoms with Crippen molar-refractivity contribution in [2.24, 2.45) is 0 Å². The summed E-state index contributed by atoms with van der Waals surface area (Å²) in [5, 5.41) is 2.63. The van der Waals surface area contributed by atoms with Crippen LogP contribution < -0.4 is 0 Å². The molecule has 0 bridgehead atoms. The van der Waals surface area contributed by atoms with Gasteiger partial charge in [-0.3, -0.25) is 0 Å². The number of hydrogen-bond acceptors (Lipinski definition) is 0. The molecule has 0 fully saturated rings. The second-order valence-electron chi connectivity index (χ2n) is 7.47. The molecular weight excluding hydrogens is 416 g/mol. The van der Waals surface area contributed by atoms with Gasteiger partial charge in [-0.25, -0.2) is 0 Å². The Balaban J connectivity index is 0.000000199. The van der Waals surface area contributed by atoms with E-state index < -0.39 is 0 Å². The van der Waals surface area contributed by atoms with Crippen LogP contribution in [0, 0.1) is 27.7 Å². The number of rotatable bonds is 3. The Morgan fingerprint density at radius 1 is 0.857 bits per heavy atom. The third-order valence-corrected chi connectivity index (χ3v) is 5.82. The van der Waals surface area contributed by atoms with Crippen LogP contribution in [0.2, 0.25) is 0 Å². The molecule has 0 unspecified atom stereocenters. The van der Waals surface area contributed by atoms with Crippen molar-refractivity contribution in [3.63, 3.8) is 0 Å². The van der Waals surface area contributed by atoms with Crippen LogP contribution in [0.25, 0.3) is 21.9 Å². The first-order valence-corrected chi connectivity index (χ1v) is 9.95. The molecule has 0 N–H and O–H groups in total. The van der Waals surface area contributed by atoms with Crippen molar-refractivity contribution >= 4 is 10.8 Å². The summed E-state index contributed by atoms with van der Waals surface area (Å²) in [7, 11) is 0. The molecule has 0 spiro atoms. The van der Waals surface area contributed by atoms with Gasteiger partial charge in [0.2, 0.25) is 0 Å². The van der Waals surface area contributed by atoms with Gasteiger partial charge in [0.1, 0.15) is 0 Å². The number of fused-ring (bicyclic) bond motifs is 1. The smallest absolute Gasteiger partial charge is 0.196 e. The van der Waals surface area contributed by atoms with Crippen LogP contribution in [-0.4, -0.2) is 0 Å². The maximum Gasteiger partial charge on any atom is 2.00 e. The minimum atomic E-state index is 0. The van der Waals surface area contributed by atoms with Gasteiger partial charge in [0.15, 0.2) is 0 Å². The van der Waals surface area contributed by atoms with Gasteiger partial charge in [-0.15, -0.1) is 34.5 Å². The minimum Gasteiger partial charge on any atom is -0.196 e. The maximum absolute atomic E-state index is 2.25. The number of hydrogen-bond donors (Lipinski definition) is 0. The molecule has 0 aliphatic heterocycles. The molecule has 0 aromatic heterocycles. The first-order chi connectivity index (χ1) is 13.0. The average Bonchev–Trinajstić information content (AvgIpc) is 3.21. The summed E-state index contributed by atoms with van der Waals surface area (Å²) in [6.07, 6.45) is 2.50. The van der Waals surface area contributed by atoms with Gasteiger partial charge in [0.05, 0.1) is 0 Å². The molecule has 0 aliphatic carbocycles. The fraction of sp³-hybridized carbons (Fsp3) is 0.259. The second-order valence-corrected chi connectivity index (χ2v) is 7.47. The van der Waals surface area contributed by atoms with Crippen LogP contribution in [0.4, 0.5) is 0 Å². The minimum absolute atomic E-state index is 0. The fourth-order valence-electron chi connectivity index (χ4n) is 3.87. The zero-order valence-electron chi connectivity index (χ0n) is 17.8. The van der Waals surface area contributed by atoms with Gasteiger partial charge in [0.25, 0.3) is 0 Å². The SMILES string of the molecule is CCCc1c(C)c(C)c(C)[c-]1C.[Zr+2].c1ccc(-c2cc3ccccc3[cH-]2)cc1. The molecule has 0 nitrogen and oxygen atoms in total. The predicted molar refractivity (Wildman–Crippen MR) is 120 cm³/mol. The first-order valence-electron chi connectivity index (χ1n) is 9.95. The maximum atomic E-state index is 2.25. The van der Waals surface area contributed by atoms with Crippen molar-refractivity contribution in [2.75, 3.05) is 0 Å². The van der Waals surface area contributed by atoms with Gasteiger partial charge in [-0.2, -0.15) is 27.8 Å². The summed E-state index contributed by atoms with van der Waals surface area (Å²) in [5.74, 6) is 0. The second kappa shape index (κ2) is 10.2. The molecule has 0 radical (unpaired) electrons. The molecule has 0 atom stereocenters. The third kappa shape index (κ3) is 4.82. The molecule has 28 heavy (non-hydrogen) atoms. The quantitative estimate of drug-likeness (QED) is 0.282. The van der Waals surface area contributed by atoms with Crippen molar-refractivity contribution in [2.45, 2.75) is 47.5 Å². The van der Waals surface area contributed by atoms with E-state index in [1.54, 1.807) is 5.56 Å². The predicted octanol–water partition coefficient (Wildman–Crippen LogP) is 7.81. The molecule has 4 rings (SSSR count). The number of benzene rings is 2. The van der Waals surface area contributed by atoms with Crippen molar-refractivity contribution in [1.29, 1.82) is 0 Å². The van der Waals surface area contributed by atoms with Crippen molar-refractivity contribution in [3.05, 3.63) is 94.5 Å². The monoisotopic (exact) mass is 444 g/mol. The summed E-state index contributed by atoms with van der Waals surface area (Å²) < 4.78 is 0. The fourth-order valence-corrected chi connectivity index (χ4v) is 3.87. The molecule has 0 heterocycles. The Morgan fingerprint density at radius 3 is 2.07 bits per heavy atom. The molecule has 4 aromatic rings. The van der Waals surface area contributed by atoms with E-state index in [-0.39, 0.29) is 26.2 Å². The van der Waals surface area contributed by atoms with Crippen LogP contribution >= 0.6 is 0 Å². The Kier molecular flexibility index (Phi) is 8.20. The summed E-state index contributed by atoms with van der Waals surface area (Å²) in [6, 6.07) is 23.4. The van der Waals surface area contributed by atoms with E-state index in [0.717, 1.165) is 0 Å². The Hall–Kier alpha value is -1.72. The van der Waals surface area contributed by atoms with Gasteiger partial charge >= 0.3 is 26.2 Å². The van der Waals surface area contributed by atoms with E-state index in [1.165, 1.54) is 57.0 Å². The van der Waals surface area contributed by atoms with Crippen LogP contribution in [0.5, 0.6) is 0 Å².